The molecular weight excluding hydrogens is 202 g/mol. The van der Waals surface area contributed by atoms with Crippen LogP contribution >= 0.6 is 0 Å². The van der Waals surface area contributed by atoms with E-state index in [1.807, 2.05) is 12.1 Å². The molecule has 0 bridgehead atoms. The lowest BCUT2D eigenvalue weighted by molar-refractivity contribution is 0.218. The minimum atomic E-state index is -0.919. The highest BCUT2D eigenvalue weighted by molar-refractivity contribution is 7.84. The van der Waals surface area contributed by atoms with Gasteiger partial charge >= 0.3 is 0 Å². The third kappa shape index (κ3) is 3.61. The van der Waals surface area contributed by atoms with Gasteiger partial charge < -0.3 is 14.9 Å². The van der Waals surface area contributed by atoms with Crippen molar-refractivity contribution in [1.82, 2.24) is 0 Å². The summed E-state index contributed by atoms with van der Waals surface area (Å²) in [6.07, 6.45) is 0. The molecule has 0 aliphatic rings. The molecule has 0 fully saturated rings. The molecule has 1 aromatic rings. The summed E-state index contributed by atoms with van der Waals surface area (Å²) in [6, 6.07) is 3.62. The zero-order chi connectivity index (χ0) is 10.4. The first-order chi connectivity index (χ1) is 6.76. The van der Waals surface area contributed by atoms with E-state index in [1.165, 1.54) is 0 Å². The van der Waals surface area contributed by atoms with Crippen LogP contribution in [0.2, 0.25) is 0 Å². The first-order valence-electron chi connectivity index (χ1n) is 4.38. The van der Waals surface area contributed by atoms with Gasteiger partial charge in [-0.2, -0.15) is 0 Å². The second-order valence-corrected chi connectivity index (χ2v) is 4.43. The highest BCUT2D eigenvalue weighted by atomic mass is 32.2. The SMILES string of the molecule is COCCS(=O)Cc1ccc(CN)o1. The van der Waals surface area contributed by atoms with E-state index in [1.54, 1.807) is 7.11 Å². The molecule has 4 nitrogen and oxygen atoms in total. The number of methoxy groups -OCH3 is 1. The van der Waals surface area contributed by atoms with Crippen LogP contribution in [-0.2, 0) is 27.8 Å². The topological polar surface area (TPSA) is 65.5 Å². The fourth-order valence-corrected chi connectivity index (χ4v) is 1.99. The lowest BCUT2D eigenvalue weighted by Gasteiger charge is -1.98. The summed E-state index contributed by atoms with van der Waals surface area (Å²) >= 11 is 0. The van der Waals surface area contributed by atoms with Crippen LogP contribution in [0.15, 0.2) is 16.5 Å². The molecule has 0 saturated heterocycles. The van der Waals surface area contributed by atoms with Crippen molar-refractivity contribution in [2.75, 3.05) is 19.5 Å². The lowest BCUT2D eigenvalue weighted by atomic mass is 10.4. The molecule has 1 rings (SSSR count). The van der Waals surface area contributed by atoms with Gasteiger partial charge in [-0.1, -0.05) is 0 Å². The molecular formula is C9H15NO3S. The molecule has 0 saturated carbocycles. The van der Waals surface area contributed by atoms with E-state index in [0.29, 0.717) is 24.7 Å². The van der Waals surface area contributed by atoms with Gasteiger partial charge in [0.25, 0.3) is 0 Å². The van der Waals surface area contributed by atoms with Gasteiger partial charge in [-0.3, -0.25) is 4.21 Å². The average molecular weight is 217 g/mol. The molecule has 0 spiro atoms. The highest BCUT2D eigenvalue weighted by Gasteiger charge is 2.05. The van der Waals surface area contributed by atoms with Crippen molar-refractivity contribution in [3.05, 3.63) is 23.7 Å². The largest absolute Gasteiger partial charge is 0.464 e. The van der Waals surface area contributed by atoms with Gasteiger partial charge in [0.1, 0.15) is 11.5 Å². The van der Waals surface area contributed by atoms with Gasteiger partial charge in [0.2, 0.25) is 0 Å². The van der Waals surface area contributed by atoms with Crippen LogP contribution < -0.4 is 5.73 Å². The summed E-state index contributed by atoms with van der Waals surface area (Å²) in [4.78, 5) is 0. The quantitative estimate of drug-likeness (QED) is 0.759. The number of furan rings is 1. The van der Waals surface area contributed by atoms with Gasteiger partial charge in [-0.15, -0.1) is 0 Å². The van der Waals surface area contributed by atoms with E-state index >= 15 is 0 Å². The zero-order valence-corrected chi connectivity index (χ0v) is 9.01. The third-order valence-corrected chi connectivity index (χ3v) is 2.97. The minimum Gasteiger partial charge on any atom is -0.464 e. The molecule has 0 aliphatic heterocycles. The smallest absolute Gasteiger partial charge is 0.117 e. The number of hydrogen-bond donors (Lipinski definition) is 1. The molecule has 2 N–H and O–H groups in total. The van der Waals surface area contributed by atoms with Crippen LogP contribution in [0.5, 0.6) is 0 Å². The van der Waals surface area contributed by atoms with E-state index in [2.05, 4.69) is 0 Å². The predicted octanol–water partition coefficient (Wildman–Crippen LogP) is 0.633. The lowest BCUT2D eigenvalue weighted by Crippen LogP contribution is -2.05. The maximum absolute atomic E-state index is 11.4. The maximum Gasteiger partial charge on any atom is 0.117 e. The predicted molar refractivity (Wildman–Crippen MR) is 55.2 cm³/mol. The fraction of sp³-hybridized carbons (Fsp3) is 0.556. The second kappa shape index (κ2) is 5.95. The van der Waals surface area contributed by atoms with Gasteiger partial charge in [0, 0.05) is 23.7 Å². The summed E-state index contributed by atoms with van der Waals surface area (Å²) < 4.78 is 21.6. The Kier molecular flexibility index (Phi) is 4.86. The van der Waals surface area contributed by atoms with Gasteiger partial charge in [0.15, 0.2) is 0 Å². The van der Waals surface area contributed by atoms with Gasteiger partial charge in [-0.25, -0.2) is 0 Å². The normalized spacial score (nSPS) is 13.0. The van der Waals surface area contributed by atoms with E-state index in [0.717, 1.165) is 11.5 Å². The van der Waals surface area contributed by atoms with Crippen LogP contribution in [0, 0.1) is 0 Å². The Bertz CT molecular complexity index is 298. The van der Waals surface area contributed by atoms with Gasteiger partial charge in [-0.05, 0) is 12.1 Å². The van der Waals surface area contributed by atoms with E-state index < -0.39 is 10.8 Å². The van der Waals surface area contributed by atoms with Crippen molar-refractivity contribution >= 4 is 10.8 Å². The van der Waals surface area contributed by atoms with E-state index in [9.17, 15) is 4.21 Å². The van der Waals surface area contributed by atoms with Crippen LogP contribution in [0.25, 0.3) is 0 Å². The third-order valence-electron chi connectivity index (χ3n) is 1.74. The molecule has 0 aromatic carbocycles. The van der Waals surface area contributed by atoms with Crippen molar-refractivity contribution < 1.29 is 13.4 Å². The molecule has 80 valence electrons. The van der Waals surface area contributed by atoms with Crippen molar-refractivity contribution in [3.63, 3.8) is 0 Å². The Hall–Kier alpha value is -0.650. The molecule has 0 amide bonds. The van der Waals surface area contributed by atoms with Crippen molar-refractivity contribution in [2.24, 2.45) is 5.73 Å². The molecule has 0 radical (unpaired) electrons. The van der Waals surface area contributed by atoms with E-state index in [-0.39, 0.29) is 0 Å². The Morgan fingerprint density at radius 2 is 2.21 bits per heavy atom. The Morgan fingerprint density at radius 3 is 2.79 bits per heavy atom. The van der Waals surface area contributed by atoms with Crippen molar-refractivity contribution in [1.29, 1.82) is 0 Å². The Labute approximate surface area is 85.9 Å². The molecule has 1 heterocycles. The minimum absolute atomic E-state index is 0.380. The number of hydrogen-bond acceptors (Lipinski definition) is 4. The molecule has 0 aliphatic carbocycles. The Morgan fingerprint density at radius 1 is 1.50 bits per heavy atom. The molecule has 14 heavy (non-hydrogen) atoms. The number of rotatable bonds is 6. The summed E-state index contributed by atoms with van der Waals surface area (Å²) in [5.41, 5.74) is 5.38. The number of nitrogens with two attached hydrogens (primary N) is 1. The fourth-order valence-electron chi connectivity index (χ4n) is 1.02. The van der Waals surface area contributed by atoms with Crippen LogP contribution in [0.1, 0.15) is 11.5 Å². The maximum atomic E-state index is 11.4. The van der Waals surface area contributed by atoms with E-state index in [4.69, 9.17) is 14.9 Å². The summed E-state index contributed by atoms with van der Waals surface area (Å²) in [6.45, 7) is 0.891. The summed E-state index contributed by atoms with van der Waals surface area (Å²) in [5, 5.41) is 0. The second-order valence-electron chi connectivity index (χ2n) is 2.85. The first-order valence-corrected chi connectivity index (χ1v) is 5.86. The summed E-state index contributed by atoms with van der Waals surface area (Å²) in [7, 11) is 0.675. The molecule has 1 aromatic heterocycles. The highest BCUT2D eigenvalue weighted by Crippen LogP contribution is 2.09. The van der Waals surface area contributed by atoms with Gasteiger partial charge in [0.05, 0.1) is 18.9 Å². The molecule has 1 unspecified atom stereocenters. The zero-order valence-electron chi connectivity index (χ0n) is 8.19. The first kappa shape index (κ1) is 11.4. The monoisotopic (exact) mass is 217 g/mol. The molecule has 5 heteroatoms. The van der Waals surface area contributed by atoms with Crippen LogP contribution in [-0.4, -0.2) is 23.7 Å². The molecule has 1 atom stereocenters. The Balaban J connectivity index is 2.39. The van der Waals surface area contributed by atoms with Crippen LogP contribution in [0.4, 0.5) is 0 Å². The van der Waals surface area contributed by atoms with Crippen molar-refractivity contribution in [2.45, 2.75) is 12.3 Å². The standard InChI is InChI=1S/C9H15NO3S/c1-12-4-5-14(11)7-9-3-2-8(6-10)13-9/h2-3H,4-7,10H2,1H3. The number of ether oxygens (including phenoxy) is 1. The van der Waals surface area contributed by atoms with Crippen LogP contribution in [0.3, 0.4) is 0 Å². The average Bonchev–Trinajstić information content (AvgIpc) is 2.62. The summed E-state index contributed by atoms with van der Waals surface area (Å²) in [5.74, 6) is 2.42. The van der Waals surface area contributed by atoms with Crippen molar-refractivity contribution in [3.8, 4) is 0 Å².